The second-order valence-corrected chi connectivity index (χ2v) is 5.00. The monoisotopic (exact) mass is 327 g/mol. The number of amides is 1. The lowest BCUT2D eigenvalue weighted by molar-refractivity contribution is -0.119. The summed E-state index contributed by atoms with van der Waals surface area (Å²) in [5, 5.41) is 3.63. The molecule has 0 spiro atoms. The van der Waals surface area contributed by atoms with Crippen molar-refractivity contribution in [3.63, 3.8) is 0 Å². The van der Waals surface area contributed by atoms with E-state index in [4.69, 9.17) is 21.0 Å². The summed E-state index contributed by atoms with van der Waals surface area (Å²) in [6.07, 6.45) is 0. The third-order valence-corrected chi connectivity index (χ3v) is 3.01. The maximum atomic E-state index is 11.9. The SMILES string of the molecule is Cc1cccc(C(=O)O/N=C(\N)c2ccc(OCC(N)=O)cc2)c1. The van der Waals surface area contributed by atoms with E-state index in [1.54, 1.807) is 42.5 Å². The van der Waals surface area contributed by atoms with E-state index in [0.29, 0.717) is 16.9 Å². The van der Waals surface area contributed by atoms with Gasteiger partial charge in [-0.15, -0.1) is 0 Å². The molecule has 0 saturated heterocycles. The number of hydrogen-bond donors (Lipinski definition) is 2. The molecule has 4 N–H and O–H groups in total. The van der Waals surface area contributed by atoms with Crippen molar-refractivity contribution in [1.29, 1.82) is 0 Å². The molecule has 1 amide bonds. The van der Waals surface area contributed by atoms with Crippen LogP contribution in [-0.4, -0.2) is 24.3 Å². The molecule has 0 radical (unpaired) electrons. The van der Waals surface area contributed by atoms with Gasteiger partial charge in [-0.05, 0) is 43.3 Å². The van der Waals surface area contributed by atoms with Crippen LogP contribution in [0.15, 0.2) is 53.7 Å². The minimum absolute atomic E-state index is 0.0393. The topological polar surface area (TPSA) is 117 Å². The summed E-state index contributed by atoms with van der Waals surface area (Å²) < 4.78 is 5.13. The molecule has 0 heterocycles. The first-order valence-electron chi connectivity index (χ1n) is 7.08. The molecule has 0 unspecified atom stereocenters. The van der Waals surface area contributed by atoms with Crippen molar-refractivity contribution in [3.8, 4) is 5.75 Å². The van der Waals surface area contributed by atoms with E-state index in [1.807, 2.05) is 13.0 Å². The number of carbonyl (C=O) groups excluding carboxylic acids is 2. The first-order valence-corrected chi connectivity index (χ1v) is 7.08. The maximum Gasteiger partial charge on any atom is 0.365 e. The van der Waals surface area contributed by atoms with E-state index in [9.17, 15) is 9.59 Å². The second-order valence-electron chi connectivity index (χ2n) is 5.00. The first kappa shape index (κ1) is 17.0. The Morgan fingerprint density at radius 2 is 1.75 bits per heavy atom. The van der Waals surface area contributed by atoms with Crippen LogP contribution in [-0.2, 0) is 9.63 Å². The molecule has 2 rings (SSSR count). The van der Waals surface area contributed by atoms with Crippen LogP contribution in [0.3, 0.4) is 0 Å². The summed E-state index contributed by atoms with van der Waals surface area (Å²) in [5.74, 6) is -0.661. The highest BCUT2D eigenvalue weighted by atomic mass is 16.7. The molecular formula is C17H17N3O4. The highest BCUT2D eigenvalue weighted by Gasteiger charge is 2.08. The van der Waals surface area contributed by atoms with Crippen molar-refractivity contribution in [2.75, 3.05) is 6.61 Å². The third-order valence-electron chi connectivity index (χ3n) is 3.01. The molecule has 0 aliphatic rings. The molecule has 2 aromatic carbocycles. The quantitative estimate of drug-likeness (QED) is 0.359. The molecule has 124 valence electrons. The summed E-state index contributed by atoms with van der Waals surface area (Å²) in [6.45, 7) is 1.66. The van der Waals surface area contributed by atoms with Gasteiger partial charge in [-0.2, -0.15) is 0 Å². The minimum atomic E-state index is -0.594. The highest BCUT2D eigenvalue weighted by Crippen LogP contribution is 2.12. The molecule has 0 saturated carbocycles. The van der Waals surface area contributed by atoms with Crippen molar-refractivity contribution in [2.45, 2.75) is 6.92 Å². The van der Waals surface area contributed by atoms with Gasteiger partial charge in [0.15, 0.2) is 12.4 Å². The van der Waals surface area contributed by atoms with Crippen LogP contribution in [0.1, 0.15) is 21.5 Å². The Morgan fingerprint density at radius 3 is 2.38 bits per heavy atom. The van der Waals surface area contributed by atoms with Gasteiger partial charge < -0.3 is 21.0 Å². The van der Waals surface area contributed by atoms with E-state index in [2.05, 4.69) is 5.16 Å². The van der Waals surface area contributed by atoms with Crippen LogP contribution in [0.4, 0.5) is 0 Å². The Balaban J connectivity index is 2.00. The molecule has 0 bridgehead atoms. The number of primary amides is 1. The van der Waals surface area contributed by atoms with Crippen LogP contribution in [0.2, 0.25) is 0 Å². The fourth-order valence-electron chi connectivity index (χ4n) is 1.84. The van der Waals surface area contributed by atoms with Gasteiger partial charge in [0.1, 0.15) is 5.75 Å². The lowest BCUT2D eigenvalue weighted by Crippen LogP contribution is -2.20. The summed E-state index contributed by atoms with van der Waals surface area (Å²) in [5.41, 5.74) is 12.6. The lowest BCUT2D eigenvalue weighted by atomic mass is 10.1. The molecule has 0 aliphatic carbocycles. The molecule has 2 aromatic rings. The van der Waals surface area contributed by atoms with Gasteiger partial charge >= 0.3 is 5.97 Å². The van der Waals surface area contributed by atoms with Crippen molar-refractivity contribution in [3.05, 3.63) is 65.2 Å². The molecular weight excluding hydrogens is 310 g/mol. The number of aryl methyl sites for hydroxylation is 1. The molecule has 0 fully saturated rings. The number of nitrogens with zero attached hydrogens (tertiary/aromatic N) is 1. The van der Waals surface area contributed by atoms with Crippen LogP contribution in [0, 0.1) is 6.92 Å². The van der Waals surface area contributed by atoms with Crippen LogP contribution < -0.4 is 16.2 Å². The number of ether oxygens (including phenoxy) is 1. The zero-order valence-corrected chi connectivity index (χ0v) is 13.1. The Bertz CT molecular complexity index is 770. The number of oxime groups is 1. The predicted octanol–water partition coefficient (Wildman–Crippen LogP) is 1.34. The van der Waals surface area contributed by atoms with Gasteiger partial charge in [0.05, 0.1) is 5.56 Å². The first-order chi connectivity index (χ1) is 11.5. The van der Waals surface area contributed by atoms with Gasteiger partial charge in [-0.25, -0.2) is 4.79 Å². The number of benzene rings is 2. The third kappa shape index (κ3) is 4.84. The Hall–Kier alpha value is -3.35. The van der Waals surface area contributed by atoms with E-state index in [-0.39, 0.29) is 12.4 Å². The van der Waals surface area contributed by atoms with Gasteiger partial charge in [-0.1, -0.05) is 22.9 Å². The number of rotatable bonds is 6. The van der Waals surface area contributed by atoms with E-state index < -0.39 is 11.9 Å². The number of amidine groups is 1. The average Bonchev–Trinajstić information content (AvgIpc) is 2.58. The van der Waals surface area contributed by atoms with Crippen LogP contribution in [0.5, 0.6) is 5.75 Å². The van der Waals surface area contributed by atoms with Crippen LogP contribution in [0.25, 0.3) is 0 Å². The molecule has 7 nitrogen and oxygen atoms in total. The number of nitrogens with two attached hydrogens (primary N) is 2. The summed E-state index contributed by atoms with van der Waals surface area (Å²) in [6, 6.07) is 13.4. The normalized spacial score (nSPS) is 11.0. The lowest BCUT2D eigenvalue weighted by Gasteiger charge is -2.05. The Morgan fingerprint density at radius 1 is 1.04 bits per heavy atom. The predicted molar refractivity (Wildman–Crippen MR) is 88.5 cm³/mol. The van der Waals surface area contributed by atoms with E-state index in [0.717, 1.165) is 5.56 Å². The molecule has 24 heavy (non-hydrogen) atoms. The average molecular weight is 327 g/mol. The fourth-order valence-corrected chi connectivity index (χ4v) is 1.84. The molecule has 0 aliphatic heterocycles. The summed E-state index contributed by atoms with van der Waals surface area (Å²) in [7, 11) is 0. The van der Waals surface area contributed by atoms with Gasteiger partial charge in [0, 0.05) is 5.56 Å². The standard InChI is InChI=1S/C17H17N3O4/c1-11-3-2-4-13(9-11)17(22)24-20-16(19)12-5-7-14(8-6-12)23-10-15(18)21/h2-9H,10H2,1H3,(H2,18,21)(H2,19,20). The zero-order valence-electron chi connectivity index (χ0n) is 13.1. The Kier molecular flexibility index (Phi) is 5.51. The van der Waals surface area contributed by atoms with Crippen molar-refractivity contribution < 1.29 is 19.2 Å². The number of hydrogen-bond acceptors (Lipinski definition) is 5. The van der Waals surface area contributed by atoms with Crippen molar-refractivity contribution in [2.24, 2.45) is 16.6 Å². The minimum Gasteiger partial charge on any atom is -0.484 e. The largest absolute Gasteiger partial charge is 0.484 e. The van der Waals surface area contributed by atoms with E-state index >= 15 is 0 Å². The number of carbonyl (C=O) groups is 2. The molecule has 7 heteroatoms. The zero-order chi connectivity index (χ0) is 17.5. The smallest absolute Gasteiger partial charge is 0.365 e. The summed E-state index contributed by atoms with van der Waals surface area (Å²) >= 11 is 0. The fraction of sp³-hybridized carbons (Fsp3) is 0.118. The van der Waals surface area contributed by atoms with Crippen molar-refractivity contribution >= 4 is 17.7 Å². The second kappa shape index (κ2) is 7.77. The Labute approximate surface area is 138 Å². The van der Waals surface area contributed by atoms with Crippen LogP contribution >= 0.6 is 0 Å². The molecule has 0 aromatic heterocycles. The summed E-state index contributed by atoms with van der Waals surface area (Å²) in [4.78, 5) is 27.4. The van der Waals surface area contributed by atoms with E-state index in [1.165, 1.54) is 0 Å². The highest BCUT2D eigenvalue weighted by molar-refractivity contribution is 5.98. The van der Waals surface area contributed by atoms with Gasteiger partial charge in [0.25, 0.3) is 5.91 Å². The maximum absolute atomic E-state index is 11.9. The molecule has 0 atom stereocenters. The van der Waals surface area contributed by atoms with Crippen molar-refractivity contribution in [1.82, 2.24) is 0 Å². The van der Waals surface area contributed by atoms with Gasteiger partial charge in [-0.3, -0.25) is 4.79 Å². The van der Waals surface area contributed by atoms with Gasteiger partial charge in [0.2, 0.25) is 0 Å².